The molecule has 1 amide bonds. The minimum Gasteiger partial charge on any atom is -0.449 e. The molecule has 0 aliphatic heterocycles. The lowest BCUT2D eigenvalue weighted by Crippen LogP contribution is -2.29. The van der Waals surface area contributed by atoms with Crippen molar-refractivity contribution in [3.05, 3.63) is 66.2 Å². The Morgan fingerprint density at radius 2 is 1.73 bits per heavy atom. The first-order valence-corrected chi connectivity index (χ1v) is 8.68. The molecule has 2 aromatic carbocycles. The van der Waals surface area contributed by atoms with Crippen molar-refractivity contribution in [3.63, 3.8) is 0 Å². The smallest absolute Gasteiger partial charge is 0.411 e. The molecule has 26 heavy (non-hydrogen) atoms. The monoisotopic (exact) mass is 370 g/mol. The summed E-state index contributed by atoms with van der Waals surface area (Å²) >= 11 is 5.05. The third-order valence-electron chi connectivity index (χ3n) is 3.44. The topological polar surface area (TPSA) is 74.8 Å². The molecule has 0 saturated heterocycles. The maximum absolute atomic E-state index is 11.8. The maximum Gasteiger partial charge on any atom is 0.411 e. The predicted octanol–water partition coefficient (Wildman–Crippen LogP) is 3.51. The Morgan fingerprint density at radius 1 is 1.08 bits per heavy atom. The van der Waals surface area contributed by atoms with Gasteiger partial charge in [-0.25, -0.2) is 4.79 Å². The van der Waals surface area contributed by atoms with Crippen LogP contribution in [0.2, 0.25) is 0 Å². The molecule has 0 spiro atoms. The van der Waals surface area contributed by atoms with E-state index in [0.29, 0.717) is 30.2 Å². The predicted molar refractivity (Wildman–Crippen MR) is 108 cm³/mol. The highest BCUT2D eigenvalue weighted by Gasteiger charge is 2.06. The highest BCUT2D eigenvalue weighted by atomic mass is 32.1. The first-order valence-electron chi connectivity index (χ1n) is 8.27. The second-order valence-corrected chi connectivity index (χ2v) is 5.75. The fourth-order valence-corrected chi connectivity index (χ4v) is 2.20. The number of amides is 1. The van der Waals surface area contributed by atoms with Gasteiger partial charge in [0.15, 0.2) is 5.11 Å². The summed E-state index contributed by atoms with van der Waals surface area (Å²) < 4.78 is 5.22. The number of nitrogens with one attached hydrogen (secondary N) is 3. The van der Waals surface area contributed by atoms with Gasteiger partial charge in [0.2, 0.25) is 0 Å². The number of carbonyl (C=O) groups excluding carboxylic acids is 1. The molecule has 0 unspecified atom stereocenters. The summed E-state index contributed by atoms with van der Waals surface area (Å²) in [5, 5.41) is 10.3. The number of rotatable bonds is 7. The second-order valence-electron chi connectivity index (χ2n) is 5.35. The molecule has 7 heteroatoms. The number of anilines is 1. The van der Waals surface area contributed by atoms with E-state index < -0.39 is 6.09 Å². The van der Waals surface area contributed by atoms with Crippen molar-refractivity contribution in [2.45, 2.75) is 12.8 Å². The molecule has 3 N–H and O–H groups in total. The van der Waals surface area contributed by atoms with E-state index in [4.69, 9.17) is 17.0 Å². The molecule has 0 saturated carbocycles. The molecule has 0 fully saturated rings. The summed E-state index contributed by atoms with van der Waals surface area (Å²) in [6.07, 6.45) is 0.815. The van der Waals surface area contributed by atoms with Crippen LogP contribution in [0.5, 0.6) is 0 Å². The fourth-order valence-electron chi connectivity index (χ4n) is 2.15. The van der Waals surface area contributed by atoms with Crippen molar-refractivity contribution in [1.29, 1.82) is 0 Å². The summed E-state index contributed by atoms with van der Waals surface area (Å²) in [5.74, 6) is 0. The highest BCUT2D eigenvalue weighted by molar-refractivity contribution is 7.80. The zero-order chi connectivity index (χ0) is 18.6. The number of benzene rings is 2. The van der Waals surface area contributed by atoms with E-state index in [0.717, 1.165) is 11.3 Å². The molecule has 6 nitrogen and oxygen atoms in total. The van der Waals surface area contributed by atoms with E-state index >= 15 is 0 Å². The Balaban J connectivity index is 1.83. The number of hydrogen-bond acceptors (Lipinski definition) is 4. The first-order chi connectivity index (χ1) is 12.7. The Morgan fingerprint density at radius 3 is 2.38 bits per heavy atom. The third-order valence-corrected chi connectivity index (χ3v) is 3.73. The number of hydrogen-bond donors (Lipinski definition) is 3. The molecular formula is C19H22N4O2S. The molecule has 0 atom stereocenters. The number of ether oxygens (including phenoxy) is 1. The van der Waals surface area contributed by atoms with Crippen LogP contribution in [-0.2, 0) is 4.74 Å². The van der Waals surface area contributed by atoms with E-state index in [-0.39, 0.29) is 0 Å². The number of thiocarbonyl (C=S) groups is 1. The molecule has 0 aromatic heterocycles. The average Bonchev–Trinajstić information content (AvgIpc) is 2.68. The van der Waals surface area contributed by atoms with Crippen LogP contribution in [0.3, 0.4) is 0 Å². The molecule has 2 aromatic rings. The van der Waals surface area contributed by atoms with Crippen LogP contribution in [-0.4, -0.2) is 30.6 Å². The maximum atomic E-state index is 11.8. The Kier molecular flexibility index (Phi) is 8.08. The van der Waals surface area contributed by atoms with Gasteiger partial charge in [-0.15, -0.1) is 0 Å². The van der Waals surface area contributed by atoms with Gasteiger partial charge in [-0.2, -0.15) is 5.10 Å². The van der Waals surface area contributed by atoms with Crippen molar-refractivity contribution in [2.24, 2.45) is 5.10 Å². The normalized spacial score (nSPS) is 10.7. The van der Waals surface area contributed by atoms with Crippen LogP contribution in [0.15, 0.2) is 65.8 Å². The standard InChI is InChI=1S/C19H22N4O2S/c1-20-18(26)23-22-17(15-9-4-2-5-10-15)13-8-14-25-19(24)21-16-11-6-3-7-12-16/h2-7,9-12H,8,13-14H2,1H3,(H,21,24)(H2,20,23,26). The van der Waals surface area contributed by atoms with Gasteiger partial charge in [-0.1, -0.05) is 48.5 Å². The van der Waals surface area contributed by atoms with Crippen molar-refractivity contribution in [3.8, 4) is 0 Å². The second kappa shape index (κ2) is 10.8. The summed E-state index contributed by atoms with van der Waals surface area (Å²) in [4.78, 5) is 11.8. The van der Waals surface area contributed by atoms with Gasteiger partial charge >= 0.3 is 6.09 Å². The minimum absolute atomic E-state index is 0.293. The van der Waals surface area contributed by atoms with E-state index in [1.165, 1.54) is 0 Å². The molecule has 0 radical (unpaired) electrons. The van der Waals surface area contributed by atoms with Gasteiger partial charge in [-0.05, 0) is 42.8 Å². The Labute approximate surface area is 158 Å². The van der Waals surface area contributed by atoms with Crippen LogP contribution in [0.1, 0.15) is 18.4 Å². The summed E-state index contributed by atoms with van der Waals surface area (Å²) in [6, 6.07) is 19.0. The van der Waals surface area contributed by atoms with Gasteiger partial charge in [0.05, 0.1) is 12.3 Å². The van der Waals surface area contributed by atoms with Gasteiger partial charge in [0.25, 0.3) is 0 Å². The van der Waals surface area contributed by atoms with E-state index in [1.54, 1.807) is 19.2 Å². The van der Waals surface area contributed by atoms with Crippen molar-refractivity contribution < 1.29 is 9.53 Å². The first kappa shape index (κ1) is 19.4. The number of para-hydroxylation sites is 1. The zero-order valence-corrected chi connectivity index (χ0v) is 15.4. The average molecular weight is 370 g/mol. The van der Waals surface area contributed by atoms with Crippen molar-refractivity contribution >= 4 is 34.8 Å². The molecule has 0 bridgehead atoms. The quantitative estimate of drug-likeness (QED) is 0.301. The summed E-state index contributed by atoms with van der Waals surface area (Å²) in [7, 11) is 1.73. The largest absolute Gasteiger partial charge is 0.449 e. The number of nitrogens with zero attached hydrogens (tertiary/aromatic N) is 1. The molecule has 136 valence electrons. The number of carbonyl (C=O) groups is 1. The van der Waals surface area contributed by atoms with Crippen LogP contribution in [0.25, 0.3) is 0 Å². The van der Waals surface area contributed by atoms with Crippen molar-refractivity contribution in [1.82, 2.24) is 10.7 Å². The third kappa shape index (κ3) is 6.90. The summed E-state index contributed by atoms with van der Waals surface area (Å²) in [6.45, 7) is 0.293. The fraction of sp³-hybridized carbons (Fsp3) is 0.211. The van der Waals surface area contributed by atoms with Crippen LogP contribution < -0.4 is 16.1 Å². The Hall–Kier alpha value is -2.93. The lowest BCUT2D eigenvalue weighted by Gasteiger charge is -2.10. The lowest BCUT2D eigenvalue weighted by molar-refractivity contribution is 0.161. The van der Waals surface area contributed by atoms with Crippen LogP contribution in [0.4, 0.5) is 10.5 Å². The molecular weight excluding hydrogens is 348 g/mol. The molecule has 0 heterocycles. The zero-order valence-electron chi connectivity index (χ0n) is 14.6. The molecule has 0 aliphatic rings. The SMILES string of the molecule is CNC(=S)NN=C(CCCOC(=O)Nc1ccccc1)c1ccccc1. The van der Waals surface area contributed by atoms with E-state index in [2.05, 4.69) is 21.2 Å². The Bertz CT molecular complexity index is 736. The molecule has 2 rings (SSSR count). The van der Waals surface area contributed by atoms with Crippen LogP contribution in [0, 0.1) is 0 Å². The van der Waals surface area contributed by atoms with E-state index in [1.807, 2.05) is 48.5 Å². The van der Waals surface area contributed by atoms with Gasteiger partial charge < -0.3 is 10.1 Å². The van der Waals surface area contributed by atoms with E-state index in [9.17, 15) is 4.79 Å². The lowest BCUT2D eigenvalue weighted by atomic mass is 10.1. The number of hydrazone groups is 1. The van der Waals surface area contributed by atoms with Crippen molar-refractivity contribution in [2.75, 3.05) is 19.0 Å². The van der Waals surface area contributed by atoms with Gasteiger partial charge in [-0.3, -0.25) is 10.7 Å². The summed E-state index contributed by atoms with van der Waals surface area (Å²) in [5.41, 5.74) is 5.34. The van der Waals surface area contributed by atoms with Gasteiger partial charge in [0, 0.05) is 12.7 Å². The molecule has 0 aliphatic carbocycles. The van der Waals surface area contributed by atoms with Gasteiger partial charge in [0.1, 0.15) is 0 Å². The minimum atomic E-state index is -0.469. The highest BCUT2D eigenvalue weighted by Crippen LogP contribution is 2.08. The van der Waals surface area contributed by atoms with Crippen LogP contribution >= 0.6 is 12.2 Å².